The smallest absolute Gasteiger partial charge is 0.337 e. The topological polar surface area (TPSA) is 111 Å². The van der Waals surface area contributed by atoms with E-state index >= 15 is 0 Å². The minimum Gasteiger partial charge on any atom is -0.465 e. The molecule has 1 aliphatic heterocycles. The molecule has 1 aromatic carbocycles. The first-order valence-electron chi connectivity index (χ1n) is 10.6. The fraction of sp³-hybridized carbons (Fsp3) is 0.565. The Hall–Kier alpha value is -2.94. The highest BCUT2D eigenvalue weighted by molar-refractivity contribution is 5.99. The second-order valence-electron chi connectivity index (χ2n) is 8.21. The minimum atomic E-state index is -1.03. The molecule has 9 heteroatoms. The number of benzene rings is 1. The molecule has 1 heterocycles. The van der Waals surface area contributed by atoms with E-state index in [2.05, 4.69) is 5.32 Å². The van der Waals surface area contributed by atoms with Gasteiger partial charge in [-0.05, 0) is 43.1 Å². The van der Waals surface area contributed by atoms with Crippen LogP contribution in [-0.4, -0.2) is 62.3 Å². The van der Waals surface area contributed by atoms with Gasteiger partial charge in [-0.25, -0.2) is 4.79 Å². The molecule has 1 N–H and O–H groups in total. The van der Waals surface area contributed by atoms with Gasteiger partial charge in [0.05, 0.1) is 12.7 Å². The highest BCUT2D eigenvalue weighted by atomic mass is 16.5. The zero-order valence-electron chi connectivity index (χ0n) is 19.4. The molecule has 0 atom stereocenters. The van der Waals surface area contributed by atoms with Crippen molar-refractivity contribution in [2.75, 3.05) is 31.8 Å². The molecular weight excluding hydrogens is 416 g/mol. The number of carbonyl (C=O) groups is 4. The van der Waals surface area contributed by atoms with Crippen LogP contribution in [0.25, 0.3) is 0 Å². The first-order valence-corrected chi connectivity index (χ1v) is 10.6. The number of carbonyl (C=O) groups excluding carboxylic acids is 4. The van der Waals surface area contributed by atoms with Crippen LogP contribution in [0.15, 0.2) is 18.2 Å². The van der Waals surface area contributed by atoms with Gasteiger partial charge in [-0.1, -0.05) is 13.8 Å². The third-order valence-electron chi connectivity index (χ3n) is 5.30. The summed E-state index contributed by atoms with van der Waals surface area (Å²) in [7, 11) is 1.31. The van der Waals surface area contributed by atoms with Crippen molar-refractivity contribution in [1.29, 1.82) is 0 Å². The molecule has 1 aliphatic rings. The minimum absolute atomic E-state index is 0.107. The molecule has 9 nitrogen and oxygen atoms in total. The van der Waals surface area contributed by atoms with Gasteiger partial charge in [0.2, 0.25) is 5.91 Å². The molecule has 0 spiro atoms. The summed E-state index contributed by atoms with van der Waals surface area (Å²) < 4.78 is 15.4. The van der Waals surface area contributed by atoms with Gasteiger partial charge in [0.25, 0.3) is 0 Å². The predicted molar refractivity (Wildman–Crippen MR) is 117 cm³/mol. The number of methoxy groups -OCH3 is 1. The molecule has 1 fully saturated rings. The van der Waals surface area contributed by atoms with Crippen molar-refractivity contribution in [3.8, 4) is 0 Å². The van der Waals surface area contributed by atoms with Gasteiger partial charge in [-0.15, -0.1) is 0 Å². The van der Waals surface area contributed by atoms with Crippen LogP contribution in [0.1, 0.15) is 56.5 Å². The maximum atomic E-state index is 13.0. The zero-order valence-corrected chi connectivity index (χ0v) is 19.4. The van der Waals surface area contributed by atoms with Crippen LogP contribution in [0.4, 0.5) is 5.69 Å². The number of anilines is 1. The molecule has 176 valence electrons. The lowest BCUT2D eigenvalue weighted by Crippen LogP contribution is -2.54. The van der Waals surface area contributed by atoms with Crippen molar-refractivity contribution in [1.82, 2.24) is 5.32 Å². The maximum absolute atomic E-state index is 13.0. The lowest BCUT2D eigenvalue weighted by Gasteiger charge is -2.38. The third-order valence-corrected chi connectivity index (χ3v) is 5.30. The fourth-order valence-electron chi connectivity index (χ4n) is 3.75. The van der Waals surface area contributed by atoms with Crippen LogP contribution in [0.2, 0.25) is 0 Å². The van der Waals surface area contributed by atoms with E-state index in [4.69, 9.17) is 14.2 Å². The first-order chi connectivity index (χ1) is 15.1. The summed E-state index contributed by atoms with van der Waals surface area (Å²) in [6, 6.07) is 5.25. The molecule has 1 aromatic rings. The number of hydrogen-bond donors (Lipinski definition) is 1. The highest BCUT2D eigenvalue weighted by Crippen LogP contribution is 2.38. The normalized spacial score (nSPS) is 15.1. The third kappa shape index (κ3) is 6.29. The summed E-state index contributed by atoms with van der Waals surface area (Å²) in [5.74, 6) is -1.63. The Morgan fingerprint density at radius 2 is 1.75 bits per heavy atom. The quantitative estimate of drug-likeness (QED) is 0.427. The second kappa shape index (κ2) is 11.1. The monoisotopic (exact) mass is 448 g/mol. The van der Waals surface area contributed by atoms with Crippen molar-refractivity contribution in [3.05, 3.63) is 29.3 Å². The van der Waals surface area contributed by atoms with E-state index in [1.165, 1.54) is 21.0 Å². The van der Waals surface area contributed by atoms with Crippen LogP contribution in [0.5, 0.6) is 0 Å². The van der Waals surface area contributed by atoms with E-state index in [0.29, 0.717) is 30.6 Å². The molecule has 0 aromatic heterocycles. The summed E-state index contributed by atoms with van der Waals surface area (Å²) in [5, 5.41) is 3.33. The largest absolute Gasteiger partial charge is 0.465 e. The van der Waals surface area contributed by atoms with Gasteiger partial charge in [-0.2, -0.15) is 0 Å². The average Bonchev–Trinajstić information content (AvgIpc) is 3.06. The molecule has 1 saturated heterocycles. The molecule has 0 saturated carbocycles. The van der Waals surface area contributed by atoms with E-state index in [-0.39, 0.29) is 31.6 Å². The van der Waals surface area contributed by atoms with Crippen molar-refractivity contribution in [2.24, 2.45) is 0 Å². The number of rotatable bonds is 10. The summed E-state index contributed by atoms with van der Waals surface area (Å²) >= 11 is 0. The number of amides is 1. The Bertz CT molecular complexity index is 848. The van der Waals surface area contributed by atoms with Gasteiger partial charge >= 0.3 is 17.9 Å². The number of nitrogens with one attached hydrogen (secondary N) is 1. The lowest BCUT2D eigenvalue weighted by atomic mass is 9.95. The summed E-state index contributed by atoms with van der Waals surface area (Å²) in [5.41, 5.74) is 0.686. The van der Waals surface area contributed by atoms with E-state index in [0.717, 1.165) is 5.56 Å². The summed E-state index contributed by atoms with van der Waals surface area (Å²) in [4.78, 5) is 49.8. The number of esters is 3. The molecule has 0 bridgehead atoms. The Morgan fingerprint density at radius 1 is 1.12 bits per heavy atom. The molecule has 0 aliphatic carbocycles. The molecule has 0 unspecified atom stereocenters. The van der Waals surface area contributed by atoms with Gasteiger partial charge in [0.15, 0.2) is 0 Å². The van der Waals surface area contributed by atoms with Crippen molar-refractivity contribution < 1.29 is 33.4 Å². The second-order valence-corrected chi connectivity index (χ2v) is 8.21. The van der Waals surface area contributed by atoms with Gasteiger partial charge in [-0.3, -0.25) is 19.3 Å². The zero-order chi connectivity index (χ0) is 23.9. The maximum Gasteiger partial charge on any atom is 0.337 e. The highest BCUT2D eigenvalue weighted by Gasteiger charge is 2.49. The Balaban J connectivity index is 2.51. The number of ether oxygens (including phenoxy) is 3. The first kappa shape index (κ1) is 25.3. The Kier molecular flexibility index (Phi) is 8.77. The average molecular weight is 449 g/mol. The van der Waals surface area contributed by atoms with E-state index in [9.17, 15) is 19.2 Å². The van der Waals surface area contributed by atoms with Crippen molar-refractivity contribution in [3.63, 3.8) is 0 Å². The van der Waals surface area contributed by atoms with Crippen LogP contribution < -0.4 is 10.2 Å². The Labute approximate surface area is 188 Å². The van der Waals surface area contributed by atoms with Gasteiger partial charge < -0.3 is 19.5 Å². The van der Waals surface area contributed by atoms with Crippen molar-refractivity contribution >= 4 is 29.5 Å². The predicted octanol–water partition coefficient (Wildman–Crippen LogP) is 2.01. The van der Waals surface area contributed by atoms with E-state index in [1.807, 2.05) is 13.8 Å². The molecular formula is C23H32N2O7. The van der Waals surface area contributed by atoms with E-state index < -0.39 is 23.4 Å². The molecule has 0 radical (unpaired) electrons. The molecule has 32 heavy (non-hydrogen) atoms. The van der Waals surface area contributed by atoms with Gasteiger partial charge in [0.1, 0.15) is 18.8 Å². The SMILES string of the molecule is COC(=O)c1ccc(N2C(=O)CCC2(COC(C)=O)COC(C)=O)c(CCNC(C)C)c1. The van der Waals surface area contributed by atoms with E-state index in [1.54, 1.807) is 23.1 Å². The molecule has 2 rings (SSSR count). The van der Waals surface area contributed by atoms with Crippen LogP contribution in [-0.2, 0) is 35.0 Å². The van der Waals surface area contributed by atoms with Crippen LogP contribution in [0.3, 0.4) is 0 Å². The lowest BCUT2D eigenvalue weighted by molar-refractivity contribution is -0.147. The summed E-state index contributed by atoms with van der Waals surface area (Å²) in [6.45, 7) is 7.04. The standard InChI is InChI=1S/C23H32N2O7/c1-15(2)24-11-9-18-12-19(22(29)30-5)6-7-20(18)25-21(28)8-10-23(25,13-31-16(3)26)14-32-17(4)27/h6-7,12,15,24H,8-11,13-14H2,1-5H3. The Morgan fingerprint density at radius 3 is 2.28 bits per heavy atom. The molecule has 1 amide bonds. The number of hydrogen-bond acceptors (Lipinski definition) is 8. The van der Waals surface area contributed by atoms with Crippen LogP contribution >= 0.6 is 0 Å². The fourth-order valence-corrected chi connectivity index (χ4v) is 3.75. The van der Waals surface area contributed by atoms with Gasteiger partial charge in [0, 0.05) is 32.0 Å². The number of nitrogens with zero attached hydrogens (tertiary/aromatic N) is 1. The summed E-state index contributed by atoms with van der Waals surface area (Å²) in [6.07, 6.45) is 1.11. The van der Waals surface area contributed by atoms with Crippen molar-refractivity contribution in [2.45, 2.75) is 58.5 Å². The van der Waals surface area contributed by atoms with Crippen LogP contribution in [0, 0.1) is 0 Å².